The third-order valence-electron chi connectivity index (χ3n) is 3.21. The molecule has 0 saturated carbocycles. The maximum Gasteiger partial charge on any atom is 0.212 e. The summed E-state index contributed by atoms with van der Waals surface area (Å²) in [6.07, 6.45) is 0. The molecule has 2 aliphatic heterocycles. The monoisotopic (exact) mass is 211 g/mol. The Labute approximate surface area is 88.8 Å². The molecule has 2 fully saturated rings. The zero-order valence-corrected chi connectivity index (χ0v) is 9.42. The average molecular weight is 211 g/mol. The molecule has 2 saturated heterocycles. The van der Waals surface area contributed by atoms with E-state index in [0.717, 1.165) is 5.96 Å². The average Bonchev–Trinajstić information content (AvgIpc) is 2.56. The number of fused-ring (bicyclic) bond motifs is 1. The molecular weight excluding hydrogens is 194 g/mol. The van der Waals surface area contributed by atoms with Gasteiger partial charge in [0.25, 0.3) is 0 Å². The van der Waals surface area contributed by atoms with Crippen molar-refractivity contribution in [2.45, 2.75) is 25.2 Å². The smallest absolute Gasteiger partial charge is 0.212 e. The van der Waals surface area contributed by atoms with Crippen molar-refractivity contribution in [1.29, 1.82) is 0 Å². The van der Waals surface area contributed by atoms with E-state index in [9.17, 15) is 0 Å². The van der Waals surface area contributed by atoms with E-state index in [0.29, 0.717) is 5.96 Å². The second kappa shape index (κ2) is 2.75. The minimum Gasteiger partial charge on any atom is -0.330 e. The largest absolute Gasteiger partial charge is 0.330 e. The number of guanidine groups is 2. The number of nitrogens with zero attached hydrogens (tertiary/aromatic N) is 3. The number of hydrazine groups is 1. The molecule has 5 N–H and O–H groups in total. The van der Waals surface area contributed by atoms with Crippen LogP contribution in [-0.2, 0) is 0 Å². The molecular formula is C8H17N7. The van der Waals surface area contributed by atoms with Crippen LogP contribution in [0.1, 0.15) is 13.8 Å². The van der Waals surface area contributed by atoms with Crippen LogP contribution in [0.3, 0.4) is 0 Å². The highest BCUT2D eigenvalue weighted by Crippen LogP contribution is 2.31. The fourth-order valence-electron chi connectivity index (χ4n) is 1.97. The first kappa shape index (κ1) is 10.0. The number of hydrogen-bond acceptors (Lipinski definition) is 3. The first-order chi connectivity index (χ1) is 6.97. The summed E-state index contributed by atoms with van der Waals surface area (Å²) >= 11 is 0. The molecule has 2 unspecified atom stereocenters. The van der Waals surface area contributed by atoms with Gasteiger partial charge in [0.05, 0.1) is 0 Å². The van der Waals surface area contributed by atoms with Crippen LogP contribution in [0, 0.1) is 0 Å². The third kappa shape index (κ3) is 1.03. The summed E-state index contributed by atoms with van der Waals surface area (Å²) in [6, 6.07) is 0. The topological polar surface area (TPSA) is 90.1 Å². The van der Waals surface area contributed by atoms with E-state index < -0.39 is 11.3 Å². The van der Waals surface area contributed by atoms with Crippen molar-refractivity contribution >= 4 is 11.9 Å². The zero-order chi connectivity index (χ0) is 11.3. The summed E-state index contributed by atoms with van der Waals surface area (Å²) in [5, 5.41) is 11.3. The fraction of sp³-hybridized carbons (Fsp3) is 0.750. The van der Waals surface area contributed by atoms with Gasteiger partial charge in [-0.2, -0.15) is 0 Å². The van der Waals surface area contributed by atoms with Crippen molar-refractivity contribution in [3.05, 3.63) is 0 Å². The minimum absolute atomic E-state index is 0.411. The van der Waals surface area contributed by atoms with Crippen molar-refractivity contribution in [1.82, 2.24) is 21.0 Å². The van der Waals surface area contributed by atoms with Gasteiger partial charge in [-0.1, -0.05) is 0 Å². The van der Waals surface area contributed by atoms with E-state index in [-0.39, 0.29) is 0 Å². The van der Waals surface area contributed by atoms with E-state index in [1.165, 1.54) is 0 Å². The molecule has 0 bridgehead atoms. The lowest BCUT2D eigenvalue weighted by Crippen LogP contribution is -2.64. The van der Waals surface area contributed by atoms with Crippen molar-refractivity contribution in [3.8, 4) is 0 Å². The second-order valence-corrected chi connectivity index (χ2v) is 4.06. The standard InChI is InChI=1S/C8H17N7/c1-7-8(2,13-5(10-3)12-7)15(9)6(11-4)14-7/h9H2,1-4H3,(H,11,14)(H2,10,12,13). The van der Waals surface area contributed by atoms with E-state index in [4.69, 9.17) is 5.84 Å². The molecule has 0 amide bonds. The molecule has 2 atom stereocenters. The Balaban J connectivity index is 2.42. The van der Waals surface area contributed by atoms with Gasteiger partial charge in [0.1, 0.15) is 0 Å². The van der Waals surface area contributed by atoms with Crippen molar-refractivity contribution in [3.63, 3.8) is 0 Å². The van der Waals surface area contributed by atoms with Gasteiger partial charge in [0.15, 0.2) is 17.3 Å². The molecule has 0 radical (unpaired) electrons. The molecule has 0 aromatic rings. The molecule has 7 nitrogen and oxygen atoms in total. The summed E-state index contributed by atoms with van der Waals surface area (Å²) in [5.41, 5.74) is -0.887. The van der Waals surface area contributed by atoms with E-state index >= 15 is 0 Å². The van der Waals surface area contributed by atoms with Gasteiger partial charge >= 0.3 is 0 Å². The van der Waals surface area contributed by atoms with Crippen molar-refractivity contribution < 1.29 is 0 Å². The molecule has 15 heavy (non-hydrogen) atoms. The Morgan fingerprint density at radius 1 is 1.13 bits per heavy atom. The van der Waals surface area contributed by atoms with Gasteiger partial charge < -0.3 is 16.0 Å². The first-order valence-electron chi connectivity index (χ1n) is 4.80. The third-order valence-corrected chi connectivity index (χ3v) is 3.21. The van der Waals surface area contributed by atoms with Gasteiger partial charge in [-0.15, -0.1) is 0 Å². The molecule has 2 rings (SSSR count). The normalized spacial score (nSPS) is 43.9. The Bertz CT molecular complexity index is 349. The lowest BCUT2D eigenvalue weighted by molar-refractivity contribution is 0.130. The minimum atomic E-state index is -0.476. The number of aliphatic imine (C=N–C) groups is 2. The van der Waals surface area contributed by atoms with Gasteiger partial charge in [0.2, 0.25) is 5.96 Å². The summed E-state index contributed by atoms with van der Waals surface area (Å²) in [4.78, 5) is 8.16. The molecule has 0 aliphatic carbocycles. The number of nitrogens with one attached hydrogen (secondary N) is 3. The predicted octanol–water partition coefficient (Wildman–Crippen LogP) is -1.64. The van der Waals surface area contributed by atoms with Crippen molar-refractivity contribution in [2.24, 2.45) is 15.8 Å². The van der Waals surface area contributed by atoms with Crippen LogP contribution in [0.5, 0.6) is 0 Å². The van der Waals surface area contributed by atoms with Gasteiger partial charge in [0, 0.05) is 14.1 Å². The number of rotatable bonds is 0. The predicted molar refractivity (Wildman–Crippen MR) is 59.0 cm³/mol. The Kier molecular flexibility index (Phi) is 1.84. The SMILES string of the molecule is CN=C1NC2(C)NC(=NC)N(N)C2(C)N1. The number of nitrogens with two attached hydrogens (primary N) is 1. The molecule has 0 spiro atoms. The summed E-state index contributed by atoms with van der Waals surface area (Å²) < 4.78 is 0. The van der Waals surface area contributed by atoms with E-state index in [1.54, 1.807) is 19.1 Å². The maximum absolute atomic E-state index is 5.99. The van der Waals surface area contributed by atoms with Crippen LogP contribution < -0.4 is 21.8 Å². The number of hydrogen-bond donors (Lipinski definition) is 4. The zero-order valence-electron chi connectivity index (χ0n) is 9.42. The van der Waals surface area contributed by atoms with Crippen molar-refractivity contribution in [2.75, 3.05) is 14.1 Å². The quantitative estimate of drug-likeness (QED) is 0.361. The first-order valence-corrected chi connectivity index (χ1v) is 4.80. The molecule has 0 aromatic carbocycles. The summed E-state index contributed by atoms with van der Waals surface area (Å²) in [7, 11) is 3.42. The van der Waals surface area contributed by atoms with E-state index in [2.05, 4.69) is 25.9 Å². The molecule has 2 heterocycles. The summed E-state index contributed by atoms with van der Waals surface area (Å²) in [5.74, 6) is 7.36. The van der Waals surface area contributed by atoms with Gasteiger partial charge in [-0.25, -0.2) is 5.84 Å². The van der Waals surface area contributed by atoms with Gasteiger partial charge in [-0.05, 0) is 13.8 Å². The highest BCUT2D eigenvalue weighted by Gasteiger charge is 2.61. The van der Waals surface area contributed by atoms with Crippen LogP contribution in [-0.4, -0.2) is 42.3 Å². The Morgan fingerprint density at radius 3 is 2.27 bits per heavy atom. The summed E-state index contributed by atoms with van der Waals surface area (Å²) in [6.45, 7) is 4.00. The lowest BCUT2D eigenvalue weighted by atomic mass is 10.0. The van der Waals surface area contributed by atoms with E-state index in [1.807, 2.05) is 13.8 Å². The fourth-order valence-corrected chi connectivity index (χ4v) is 1.97. The maximum atomic E-state index is 5.99. The molecule has 7 heteroatoms. The van der Waals surface area contributed by atoms with Crippen LogP contribution in [0.2, 0.25) is 0 Å². The van der Waals surface area contributed by atoms with Crippen LogP contribution in [0.4, 0.5) is 0 Å². The molecule has 84 valence electrons. The molecule has 0 aromatic heterocycles. The Hall–Kier alpha value is -1.50. The van der Waals surface area contributed by atoms with Crippen LogP contribution in [0.25, 0.3) is 0 Å². The van der Waals surface area contributed by atoms with Crippen LogP contribution >= 0.6 is 0 Å². The van der Waals surface area contributed by atoms with Crippen LogP contribution in [0.15, 0.2) is 9.98 Å². The molecule has 2 aliphatic rings. The highest BCUT2D eigenvalue weighted by molar-refractivity contribution is 5.91. The highest BCUT2D eigenvalue weighted by atomic mass is 15.7. The Morgan fingerprint density at radius 2 is 1.80 bits per heavy atom. The lowest BCUT2D eigenvalue weighted by Gasteiger charge is -2.34. The van der Waals surface area contributed by atoms with Gasteiger partial charge in [-0.3, -0.25) is 15.0 Å². The second-order valence-electron chi connectivity index (χ2n) is 4.06.